The van der Waals surface area contributed by atoms with Gasteiger partial charge >= 0.3 is 6.18 Å². The summed E-state index contributed by atoms with van der Waals surface area (Å²) in [6.45, 7) is 0. The first-order valence-electron chi connectivity index (χ1n) is 7.30. The molecule has 25 heavy (non-hydrogen) atoms. The van der Waals surface area contributed by atoms with Crippen LogP contribution in [0.1, 0.15) is 24.1 Å². The summed E-state index contributed by atoms with van der Waals surface area (Å²) in [4.78, 5) is 7.71. The van der Waals surface area contributed by atoms with E-state index in [0.717, 1.165) is 4.68 Å². The predicted octanol–water partition coefficient (Wildman–Crippen LogP) is 1.86. The molecule has 7 nitrogen and oxygen atoms in total. The first-order chi connectivity index (χ1) is 11.7. The van der Waals surface area contributed by atoms with E-state index in [1.54, 1.807) is 0 Å². The Morgan fingerprint density at radius 1 is 1.16 bits per heavy atom. The van der Waals surface area contributed by atoms with Gasteiger partial charge in [-0.1, -0.05) is 5.57 Å². The first-order valence-corrected chi connectivity index (χ1v) is 9.12. The van der Waals surface area contributed by atoms with E-state index in [9.17, 15) is 21.6 Å². The van der Waals surface area contributed by atoms with Gasteiger partial charge in [-0.2, -0.15) is 23.0 Å². The Labute approximate surface area is 141 Å². The zero-order chi connectivity index (χ0) is 18.2. The molecule has 1 aliphatic rings. The maximum atomic E-state index is 13.3. The van der Waals surface area contributed by atoms with Gasteiger partial charge in [0.1, 0.15) is 5.82 Å². The molecule has 0 radical (unpaired) electrons. The topological polar surface area (TPSA) is 104 Å². The van der Waals surface area contributed by atoms with Crippen LogP contribution in [-0.4, -0.2) is 39.7 Å². The molecule has 134 valence electrons. The van der Waals surface area contributed by atoms with Gasteiger partial charge in [0.2, 0.25) is 0 Å². The van der Waals surface area contributed by atoms with E-state index < -0.39 is 21.7 Å². The number of halogens is 3. The summed E-state index contributed by atoms with van der Waals surface area (Å²) >= 11 is 0. The van der Waals surface area contributed by atoms with Gasteiger partial charge in [0.15, 0.2) is 15.5 Å². The summed E-state index contributed by atoms with van der Waals surface area (Å²) in [5, 5.41) is 3.52. The van der Waals surface area contributed by atoms with Crippen LogP contribution in [0.4, 0.5) is 19.0 Å². The molecular weight excluding hydrogens is 359 g/mol. The van der Waals surface area contributed by atoms with Gasteiger partial charge in [-0.3, -0.25) is 0 Å². The van der Waals surface area contributed by atoms with E-state index in [4.69, 9.17) is 5.73 Å². The third-order valence-electron chi connectivity index (χ3n) is 3.79. The molecule has 3 heterocycles. The van der Waals surface area contributed by atoms with Crippen LogP contribution < -0.4 is 5.73 Å². The van der Waals surface area contributed by atoms with Crippen molar-refractivity contribution < 1.29 is 21.6 Å². The van der Waals surface area contributed by atoms with Crippen molar-refractivity contribution in [1.82, 2.24) is 19.7 Å². The normalized spacial score (nSPS) is 17.5. The highest BCUT2D eigenvalue weighted by Gasteiger charge is 2.39. The second kappa shape index (κ2) is 6.14. The van der Waals surface area contributed by atoms with Crippen molar-refractivity contribution in [3.63, 3.8) is 0 Å². The van der Waals surface area contributed by atoms with E-state index >= 15 is 0 Å². The summed E-state index contributed by atoms with van der Waals surface area (Å²) in [5.74, 6) is -0.507. The lowest BCUT2D eigenvalue weighted by molar-refractivity contribution is -0.141. The third-order valence-corrected chi connectivity index (χ3v) is 5.44. The number of nitrogens with zero attached hydrogens (tertiary/aromatic N) is 4. The van der Waals surface area contributed by atoms with Crippen LogP contribution in [-0.2, 0) is 16.0 Å². The number of nitrogens with two attached hydrogens (primary N) is 1. The smallest absolute Gasteiger partial charge is 0.383 e. The quantitative estimate of drug-likeness (QED) is 0.862. The number of nitrogen functional groups attached to an aromatic ring is 1. The maximum Gasteiger partial charge on any atom is 0.435 e. The van der Waals surface area contributed by atoms with Gasteiger partial charge in [0.25, 0.3) is 5.95 Å². The number of hydrogen-bond acceptors (Lipinski definition) is 6. The Hall–Kier alpha value is -2.43. The highest BCUT2D eigenvalue weighted by Crippen LogP contribution is 2.36. The van der Waals surface area contributed by atoms with Gasteiger partial charge in [0.05, 0.1) is 11.5 Å². The molecular formula is C14H14F3N5O2S. The zero-order valence-corrected chi connectivity index (χ0v) is 13.7. The van der Waals surface area contributed by atoms with Crippen LogP contribution in [0.25, 0.3) is 12.0 Å². The van der Waals surface area contributed by atoms with Gasteiger partial charge in [-0.05, 0) is 25.0 Å². The lowest BCUT2D eigenvalue weighted by Gasteiger charge is -2.15. The summed E-state index contributed by atoms with van der Waals surface area (Å²) in [5.41, 5.74) is 4.99. The van der Waals surface area contributed by atoms with Crippen molar-refractivity contribution in [3.05, 3.63) is 35.3 Å². The molecule has 11 heteroatoms. The van der Waals surface area contributed by atoms with Crippen LogP contribution in [0, 0.1) is 0 Å². The van der Waals surface area contributed by atoms with Gasteiger partial charge in [-0.25, -0.2) is 18.4 Å². The molecule has 0 unspecified atom stereocenters. The molecule has 0 bridgehead atoms. The van der Waals surface area contributed by atoms with Crippen molar-refractivity contribution in [3.8, 4) is 5.95 Å². The fourth-order valence-corrected chi connectivity index (χ4v) is 3.85. The van der Waals surface area contributed by atoms with Gasteiger partial charge in [-0.15, -0.1) is 0 Å². The van der Waals surface area contributed by atoms with Crippen molar-refractivity contribution >= 4 is 21.7 Å². The minimum atomic E-state index is -4.72. The second-order valence-corrected chi connectivity index (χ2v) is 7.86. The molecule has 2 N–H and O–H groups in total. The maximum absolute atomic E-state index is 13.3. The lowest BCUT2D eigenvalue weighted by atomic mass is 10.1. The number of aromatic nitrogens is 4. The minimum absolute atomic E-state index is 0.0821. The highest BCUT2D eigenvalue weighted by atomic mass is 32.2. The molecule has 0 amide bonds. The van der Waals surface area contributed by atoms with Crippen molar-refractivity contribution in [2.75, 3.05) is 17.2 Å². The number of sulfone groups is 1. The molecule has 1 aliphatic heterocycles. The molecule has 1 saturated heterocycles. The fourth-order valence-electron chi connectivity index (χ4n) is 2.50. The molecule has 0 atom stereocenters. The molecule has 2 aromatic heterocycles. The number of rotatable bonds is 2. The molecule has 0 aromatic carbocycles. The molecule has 0 aliphatic carbocycles. The standard InChI is InChI=1S/C14H14F3N5O2S/c15-14(16,17)11-10(8-9-2-6-25(23,24)7-3-9)12(18)22(21-11)13-19-4-1-5-20-13/h1,4-5,8H,2-3,6-7,18H2. The zero-order valence-electron chi connectivity index (χ0n) is 12.9. The third kappa shape index (κ3) is 3.65. The monoisotopic (exact) mass is 373 g/mol. The van der Waals surface area contributed by atoms with E-state index in [0.29, 0.717) is 5.57 Å². The summed E-state index contributed by atoms with van der Waals surface area (Å²) < 4.78 is 63.8. The van der Waals surface area contributed by atoms with Crippen LogP contribution >= 0.6 is 0 Å². The Morgan fingerprint density at radius 3 is 2.32 bits per heavy atom. The van der Waals surface area contributed by atoms with E-state index in [1.165, 1.54) is 24.5 Å². The number of anilines is 1. The SMILES string of the molecule is Nc1c(C=C2CCS(=O)(=O)CC2)c(C(F)(F)F)nn1-c1ncccn1. The van der Waals surface area contributed by atoms with Crippen LogP contribution in [0.5, 0.6) is 0 Å². The molecule has 3 rings (SSSR count). The Balaban J connectivity index is 2.08. The van der Waals surface area contributed by atoms with Crippen molar-refractivity contribution in [2.24, 2.45) is 0 Å². The molecule has 1 fully saturated rings. The highest BCUT2D eigenvalue weighted by molar-refractivity contribution is 7.91. The Bertz CT molecular complexity index is 904. The largest absolute Gasteiger partial charge is 0.435 e. The fraction of sp³-hybridized carbons (Fsp3) is 0.357. The Morgan fingerprint density at radius 2 is 1.76 bits per heavy atom. The number of allylic oxidation sites excluding steroid dienone is 1. The molecule has 0 spiro atoms. The van der Waals surface area contributed by atoms with Crippen LogP contribution in [0.15, 0.2) is 24.0 Å². The van der Waals surface area contributed by atoms with E-state index in [1.807, 2.05) is 0 Å². The second-order valence-electron chi connectivity index (χ2n) is 5.56. The van der Waals surface area contributed by atoms with Crippen LogP contribution in [0.2, 0.25) is 0 Å². The Kier molecular flexibility index (Phi) is 4.27. The summed E-state index contributed by atoms with van der Waals surface area (Å²) in [6.07, 6.45) is -0.375. The minimum Gasteiger partial charge on any atom is -0.383 e. The predicted molar refractivity (Wildman–Crippen MR) is 84.4 cm³/mol. The first kappa shape index (κ1) is 17.4. The average Bonchev–Trinajstić information content (AvgIpc) is 2.87. The van der Waals surface area contributed by atoms with E-state index in [-0.39, 0.29) is 41.7 Å². The van der Waals surface area contributed by atoms with Crippen molar-refractivity contribution in [2.45, 2.75) is 19.0 Å². The van der Waals surface area contributed by atoms with Gasteiger partial charge in [0, 0.05) is 18.0 Å². The van der Waals surface area contributed by atoms with Crippen LogP contribution in [0.3, 0.4) is 0 Å². The average molecular weight is 373 g/mol. The number of hydrogen-bond donors (Lipinski definition) is 1. The van der Waals surface area contributed by atoms with E-state index in [2.05, 4.69) is 15.1 Å². The lowest BCUT2D eigenvalue weighted by Crippen LogP contribution is -2.18. The van der Waals surface area contributed by atoms with Gasteiger partial charge < -0.3 is 5.73 Å². The van der Waals surface area contributed by atoms with Crippen molar-refractivity contribution in [1.29, 1.82) is 0 Å². The summed E-state index contributed by atoms with van der Waals surface area (Å²) in [7, 11) is -3.13. The summed E-state index contributed by atoms with van der Waals surface area (Å²) in [6, 6.07) is 1.51. The molecule has 0 saturated carbocycles. The molecule has 2 aromatic rings. The number of alkyl halides is 3.